The molecule has 9 rings (SSSR count). The number of hydrogen-bond acceptors (Lipinski definition) is 1. The zero-order valence-corrected chi connectivity index (χ0v) is 41.7. The molecule has 0 amide bonds. The summed E-state index contributed by atoms with van der Waals surface area (Å²) < 4.78 is 91.6. The summed E-state index contributed by atoms with van der Waals surface area (Å²) in [6.07, 6.45) is -10.1. The number of rotatable bonds is 4. The molecule has 0 atom stereocenters. The van der Waals surface area contributed by atoms with Gasteiger partial charge in [0.25, 0.3) is 0 Å². The van der Waals surface area contributed by atoms with Crippen LogP contribution in [0, 0.1) is 11.3 Å². The van der Waals surface area contributed by atoms with E-state index in [4.69, 9.17) is 0 Å². The van der Waals surface area contributed by atoms with Crippen molar-refractivity contribution >= 4 is 43.6 Å². The molecule has 2 heterocycles. The Hall–Kier alpha value is -6.79. The summed E-state index contributed by atoms with van der Waals surface area (Å²) in [6, 6.07) is 40.2. The zero-order valence-electron chi connectivity index (χ0n) is 41.7. The SMILES string of the molecule is CC(C)(C)c1ccc2c(c1)c1cc(C(C)(C)C)ccc1n2-c1ccc(-c2ccc(C(F)(F)F)cc2C(F)(F)F)cc1-c1c(C#N)cccc1-n1c2ccc(C(C)(C)C)cc2c2cc(C(C)(C)C)ccc21. The van der Waals surface area contributed by atoms with Crippen LogP contribution in [-0.2, 0) is 34.0 Å². The van der Waals surface area contributed by atoms with Crippen LogP contribution in [0.25, 0.3) is 77.2 Å². The molecular formula is C61H57F6N3. The second-order valence-electron chi connectivity index (χ2n) is 22.9. The molecule has 0 fully saturated rings. The van der Waals surface area contributed by atoms with Crippen molar-refractivity contribution in [3.63, 3.8) is 0 Å². The summed E-state index contributed by atoms with van der Waals surface area (Å²) in [4.78, 5) is 0. The lowest BCUT2D eigenvalue weighted by atomic mass is 9.85. The van der Waals surface area contributed by atoms with E-state index in [2.05, 4.69) is 171 Å². The van der Waals surface area contributed by atoms with E-state index in [1.54, 1.807) is 24.3 Å². The third-order valence-corrected chi connectivity index (χ3v) is 13.9. The first-order valence-corrected chi connectivity index (χ1v) is 23.6. The van der Waals surface area contributed by atoms with Crippen LogP contribution in [0.15, 0.2) is 127 Å². The summed E-state index contributed by atoms with van der Waals surface area (Å²) in [5.41, 5.74) is 6.29. The van der Waals surface area contributed by atoms with Gasteiger partial charge < -0.3 is 9.13 Å². The standard InChI is InChI=1S/C61H57F6N3/c1-56(2,3)37-18-24-49-43(29-37)44-30-38(57(4,5)6)19-25-50(44)69(49)53-23-16-35(42-22-17-41(60(62,63)64)33-48(42)61(65,66)67)28-47(53)55-36(34-68)14-13-15-54(55)70-51-26-20-39(58(7,8)9)31-45(51)46-32-40(59(10,11)12)21-27-52(46)70/h13-33H,1-12H3. The predicted molar refractivity (Wildman–Crippen MR) is 276 cm³/mol. The number of nitrogens with zero attached hydrogens (tertiary/aromatic N) is 3. The van der Waals surface area contributed by atoms with Crippen LogP contribution in [0.3, 0.4) is 0 Å². The fourth-order valence-corrected chi connectivity index (χ4v) is 9.84. The number of nitriles is 1. The average molecular weight is 946 g/mol. The molecule has 0 saturated carbocycles. The van der Waals surface area contributed by atoms with Crippen LogP contribution >= 0.6 is 0 Å². The molecule has 358 valence electrons. The molecule has 3 nitrogen and oxygen atoms in total. The largest absolute Gasteiger partial charge is 0.417 e. The smallest absolute Gasteiger partial charge is 0.309 e. The highest BCUT2D eigenvalue weighted by atomic mass is 19.4. The van der Waals surface area contributed by atoms with Crippen LogP contribution in [0.5, 0.6) is 0 Å². The van der Waals surface area contributed by atoms with Gasteiger partial charge in [0.1, 0.15) is 0 Å². The third-order valence-electron chi connectivity index (χ3n) is 13.9. The van der Waals surface area contributed by atoms with Gasteiger partial charge in [-0.25, -0.2) is 0 Å². The highest BCUT2D eigenvalue weighted by Gasteiger charge is 2.39. The van der Waals surface area contributed by atoms with Crippen LogP contribution < -0.4 is 0 Å². The molecule has 9 aromatic rings. The Balaban J connectivity index is 1.46. The Labute approximate surface area is 406 Å². The summed E-state index contributed by atoms with van der Waals surface area (Å²) in [5, 5.41) is 15.1. The Kier molecular flexibility index (Phi) is 11.1. The van der Waals surface area contributed by atoms with E-state index in [1.807, 2.05) is 12.1 Å². The second-order valence-corrected chi connectivity index (χ2v) is 22.9. The number of fused-ring (bicyclic) bond motifs is 6. The third kappa shape index (κ3) is 8.33. The van der Waals surface area contributed by atoms with Crippen LogP contribution in [-0.4, -0.2) is 9.13 Å². The van der Waals surface area contributed by atoms with Crippen molar-refractivity contribution in [1.82, 2.24) is 9.13 Å². The molecule has 0 aliphatic heterocycles. The van der Waals surface area contributed by atoms with Gasteiger partial charge in [-0.15, -0.1) is 0 Å². The molecule has 70 heavy (non-hydrogen) atoms. The minimum atomic E-state index is -5.13. The Bertz CT molecular complexity index is 3470. The van der Waals surface area contributed by atoms with E-state index in [9.17, 15) is 18.4 Å². The highest BCUT2D eigenvalue weighted by molar-refractivity contribution is 6.12. The van der Waals surface area contributed by atoms with Crippen molar-refractivity contribution in [2.24, 2.45) is 0 Å². The molecule has 0 radical (unpaired) electrons. The number of halogens is 6. The zero-order chi connectivity index (χ0) is 50.8. The van der Waals surface area contributed by atoms with Crippen molar-refractivity contribution in [1.29, 1.82) is 5.26 Å². The molecule has 0 aliphatic rings. The van der Waals surface area contributed by atoms with E-state index < -0.39 is 29.0 Å². The molecule has 0 bridgehead atoms. The number of benzene rings is 7. The van der Waals surface area contributed by atoms with E-state index in [0.29, 0.717) is 28.6 Å². The average Bonchev–Trinajstić information content (AvgIpc) is 3.78. The topological polar surface area (TPSA) is 33.6 Å². The quantitative estimate of drug-likeness (QED) is 0.162. The maximum Gasteiger partial charge on any atom is 0.417 e. The number of hydrogen-bond donors (Lipinski definition) is 0. The fraction of sp³-hybridized carbons (Fsp3) is 0.295. The van der Waals surface area contributed by atoms with Crippen LogP contribution in [0.1, 0.15) is 122 Å². The van der Waals surface area contributed by atoms with Gasteiger partial charge in [0.2, 0.25) is 0 Å². The Morgan fingerprint density at radius 1 is 0.386 bits per heavy atom. The van der Waals surface area contributed by atoms with Gasteiger partial charge in [-0.2, -0.15) is 31.6 Å². The maximum absolute atomic E-state index is 15.1. The first-order valence-electron chi connectivity index (χ1n) is 23.6. The van der Waals surface area contributed by atoms with Gasteiger partial charge in [0, 0.05) is 32.7 Å². The van der Waals surface area contributed by atoms with E-state index in [-0.39, 0.29) is 38.9 Å². The normalized spacial score (nSPS) is 13.3. The summed E-state index contributed by atoms with van der Waals surface area (Å²) in [5.74, 6) is 0. The van der Waals surface area contributed by atoms with Crippen molar-refractivity contribution in [2.45, 2.75) is 117 Å². The molecule has 0 spiro atoms. The first kappa shape index (κ1) is 48.2. The molecule has 0 aliphatic carbocycles. The van der Waals surface area contributed by atoms with Crippen molar-refractivity contribution in [3.8, 4) is 39.7 Å². The van der Waals surface area contributed by atoms with Crippen LogP contribution in [0.4, 0.5) is 26.3 Å². The van der Waals surface area contributed by atoms with Gasteiger partial charge in [0.05, 0.1) is 56.2 Å². The number of aromatic nitrogens is 2. The van der Waals surface area contributed by atoms with E-state index in [0.717, 1.165) is 71.9 Å². The van der Waals surface area contributed by atoms with Crippen molar-refractivity contribution in [3.05, 3.63) is 166 Å². The van der Waals surface area contributed by atoms with Gasteiger partial charge in [-0.3, -0.25) is 0 Å². The lowest BCUT2D eigenvalue weighted by molar-refractivity contribution is -0.142. The molecule has 7 aromatic carbocycles. The number of alkyl halides is 6. The van der Waals surface area contributed by atoms with Crippen molar-refractivity contribution in [2.75, 3.05) is 0 Å². The van der Waals surface area contributed by atoms with E-state index >= 15 is 13.2 Å². The second kappa shape index (κ2) is 16.1. The minimum absolute atomic E-state index is 0.0381. The molecule has 9 heteroatoms. The van der Waals surface area contributed by atoms with Crippen molar-refractivity contribution < 1.29 is 26.3 Å². The summed E-state index contributed by atoms with van der Waals surface area (Å²) in [7, 11) is 0. The van der Waals surface area contributed by atoms with Gasteiger partial charge in [-0.1, -0.05) is 126 Å². The monoisotopic (exact) mass is 945 g/mol. The summed E-state index contributed by atoms with van der Waals surface area (Å²) >= 11 is 0. The molecule has 2 aromatic heterocycles. The maximum atomic E-state index is 15.1. The van der Waals surface area contributed by atoms with Gasteiger partial charge in [0.15, 0.2) is 0 Å². The van der Waals surface area contributed by atoms with Crippen LogP contribution in [0.2, 0.25) is 0 Å². The Morgan fingerprint density at radius 3 is 1.16 bits per heavy atom. The lowest BCUT2D eigenvalue weighted by Crippen LogP contribution is -2.12. The fourth-order valence-electron chi connectivity index (χ4n) is 9.84. The van der Waals surface area contributed by atoms with Gasteiger partial charge in [-0.05, 0) is 140 Å². The molecule has 0 N–H and O–H groups in total. The van der Waals surface area contributed by atoms with E-state index in [1.165, 1.54) is 0 Å². The molecule has 0 unspecified atom stereocenters. The highest BCUT2D eigenvalue weighted by Crippen LogP contribution is 2.48. The predicted octanol–water partition coefficient (Wildman–Crippen LogP) is 18.3. The molecular weight excluding hydrogens is 889 g/mol. The van der Waals surface area contributed by atoms with Gasteiger partial charge >= 0.3 is 12.4 Å². The molecule has 0 saturated heterocycles. The minimum Gasteiger partial charge on any atom is -0.309 e. The Morgan fingerprint density at radius 2 is 0.786 bits per heavy atom. The first-order chi connectivity index (χ1) is 32.5. The summed E-state index contributed by atoms with van der Waals surface area (Å²) in [6.45, 7) is 25.9. The lowest BCUT2D eigenvalue weighted by Gasteiger charge is -2.23.